The summed E-state index contributed by atoms with van der Waals surface area (Å²) in [5.41, 5.74) is 4.14. The van der Waals surface area contributed by atoms with Gasteiger partial charge in [-0.1, -0.05) is 30.3 Å². The quantitative estimate of drug-likeness (QED) is 0.329. The monoisotopic (exact) mass is 513 g/mol. The molecule has 0 bridgehead atoms. The van der Waals surface area contributed by atoms with Crippen LogP contribution in [0.15, 0.2) is 93.0 Å². The topological polar surface area (TPSA) is 99.9 Å². The molecule has 1 amide bonds. The van der Waals surface area contributed by atoms with E-state index >= 15 is 0 Å². The average Bonchev–Trinajstić information content (AvgIpc) is 3.23. The lowest BCUT2D eigenvalue weighted by molar-refractivity contribution is -0.110. The molecule has 0 aliphatic carbocycles. The zero-order chi connectivity index (χ0) is 25.6. The number of fused-ring (bicyclic) bond motifs is 2. The van der Waals surface area contributed by atoms with Crippen LogP contribution in [0.25, 0.3) is 22.6 Å². The Morgan fingerprint density at radius 1 is 0.838 bits per heavy atom. The summed E-state index contributed by atoms with van der Waals surface area (Å²) in [7, 11) is -3.68. The molecule has 6 rings (SSSR count). The Morgan fingerprint density at radius 3 is 2.38 bits per heavy atom. The van der Waals surface area contributed by atoms with E-state index < -0.39 is 15.6 Å². The summed E-state index contributed by atoms with van der Waals surface area (Å²) in [5, 5.41) is 3.45. The van der Waals surface area contributed by atoms with Crippen molar-refractivity contribution in [1.29, 1.82) is 0 Å². The van der Waals surface area contributed by atoms with Gasteiger partial charge in [-0.2, -0.15) is 4.31 Å². The molecule has 0 radical (unpaired) electrons. The number of carbonyl (C=O) groups excluding carboxylic acids is 1. The lowest BCUT2D eigenvalue weighted by Gasteiger charge is -2.35. The molecular weight excluding hydrogens is 490 g/mol. The number of amides is 1. The maximum atomic E-state index is 13.2. The molecule has 3 heterocycles. The van der Waals surface area contributed by atoms with Gasteiger partial charge in [0.25, 0.3) is 5.91 Å². The van der Waals surface area contributed by atoms with Crippen LogP contribution in [0.3, 0.4) is 0 Å². The van der Waals surface area contributed by atoms with Gasteiger partial charge in [0.15, 0.2) is 0 Å². The SMILES string of the molecule is O=C1Nc2ccccc2/C1=C/c1ccc(N2CCN(S(=O)(=O)c3ccc4oc(=O)ccc4c3)CC2)cc1. The average molecular weight is 514 g/mol. The second kappa shape index (κ2) is 9.02. The van der Waals surface area contributed by atoms with Crippen molar-refractivity contribution in [2.75, 3.05) is 36.4 Å². The van der Waals surface area contributed by atoms with Gasteiger partial charge < -0.3 is 14.6 Å². The second-order valence-corrected chi connectivity index (χ2v) is 10.9. The third-order valence-corrected chi connectivity index (χ3v) is 8.64. The highest BCUT2D eigenvalue weighted by Crippen LogP contribution is 2.33. The third kappa shape index (κ3) is 4.32. The minimum atomic E-state index is -3.68. The molecular formula is C28H23N3O5S. The number of piperazine rings is 1. The number of anilines is 2. The summed E-state index contributed by atoms with van der Waals surface area (Å²) in [4.78, 5) is 26.1. The Morgan fingerprint density at radius 2 is 1.59 bits per heavy atom. The zero-order valence-electron chi connectivity index (χ0n) is 19.8. The molecule has 2 aliphatic heterocycles. The molecule has 9 heteroatoms. The van der Waals surface area contributed by atoms with E-state index in [1.54, 1.807) is 6.07 Å². The van der Waals surface area contributed by atoms with Crippen LogP contribution in [0.1, 0.15) is 11.1 Å². The maximum Gasteiger partial charge on any atom is 0.336 e. The van der Waals surface area contributed by atoms with Gasteiger partial charge in [0, 0.05) is 60.1 Å². The minimum Gasteiger partial charge on any atom is -0.423 e. The Balaban J connectivity index is 1.15. The Hall–Kier alpha value is -4.21. The van der Waals surface area contributed by atoms with Gasteiger partial charge in [0.2, 0.25) is 10.0 Å². The molecule has 1 aromatic heterocycles. The van der Waals surface area contributed by atoms with Crippen LogP contribution in [-0.4, -0.2) is 44.8 Å². The highest BCUT2D eigenvalue weighted by Gasteiger charge is 2.29. The summed E-state index contributed by atoms with van der Waals surface area (Å²) in [6.45, 7) is 1.82. The fourth-order valence-corrected chi connectivity index (χ4v) is 6.23. The van der Waals surface area contributed by atoms with Gasteiger partial charge in [-0.15, -0.1) is 0 Å². The van der Waals surface area contributed by atoms with Crippen molar-refractivity contribution < 1.29 is 17.6 Å². The fraction of sp³-hybridized carbons (Fsp3) is 0.143. The van der Waals surface area contributed by atoms with E-state index in [0.29, 0.717) is 42.7 Å². The van der Waals surface area contributed by atoms with Gasteiger partial charge in [0.05, 0.1) is 4.90 Å². The molecule has 0 atom stereocenters. The molecule has 0 saturated carbocycles. The first-order valence-corrected chi connectivity index (χ1v) is 13.3. The first-order chi connectivity index (χ1) is 17.9. The molecule has 0 unspecified atom stereocenters. The summed E-state index contributed by atoms with van der Waals surface area (Å²) in [6, 6.07) is 22.9. The van der Waals surface area contributed by atoms with Crippen LogP contribution in [0.5, 0.6) is 0 Å². The minimum absolute atomic E-state index is 0.112. The number of sulfonamides is 1. The number of hydrogen-bond acceptors (Lipinski definition) is 6. The van der Waals surface area contributed by atoms with E-state index in [9.17, 15) is 18.0 Å². The Labute approximate surface area is 213 Å². The van der Waals surface area contributed by atoms with Crippen LogP contribution >= 0.6 is 0 Å². The van der Waals surface area contributed by atoms with Crippen molar-refractivity contribution in [3.63, 3.8) is 0 Å². The van der Waals surface area contributed by atoms with Crippen LogP contribution in [0, 0.1) is 0 Å². The number of para-hydroxylation sites is 1. The molecule has 4 aromatic rings. The van der Waals surface area contributed by atoms with E-state index in [1.807, 2.05) is 54.6 Å². The molecule has 8 nitrogen and oxygen atoms in total. The van der Waals surface area contributed by atoms with Gasteiger partial charge in [-0.3, -0.25) is 4.79 Å². The number of carbonyl (C=O) groups is 1. The van der Waals surface area contributed by atoms with Crippen molar-refractivity contribution in [3.8, 4) is 0 Å². The molecule has 186 valence electrons. The van der Waals surface area contributed by atoms with Gasteiger partial charge in [-0.05, 0) is 54.1 Å². The van der Waals surface area contributed by atoms with Crippen molar-refractivity contribution in [1.82, 2.24) is 4.31 Å². The van der Waals surface area contributed by atoms with Crippen molar-refractivity contribution in [2.45, 2.75) is 4.90 Å². The van der Waals surface area contributed by atoms with Crippen LogP contribution < -0.4 is 15.8 Å². The third-order valence-electron chi connectivity index (χ3n) is 6.75. The van der Waals surface area contributed by atoms with Gasteiger partial charge in [-0.25, -0.2) is 13.2 Å². The molecule has 1 saturated heterocycles. The number of nitrogens with zero attached hydrogens (tertiary/aromatic N) is 2. The summed E-state index contributed by atoms with van der Waals surface area (Å²) >= 11 is 0. The molecule has 1 fully saturated rings. The normalized spacial score (nSPS) is 17.2. The fourth-order valence-electron chi connectivity index (χ4n) is 4.78. The van der Waals surface area contributed by atoms with E-state index in [0.717, 1.165) is 22.5 Å². The van der Waals surface area contributed by atoms with E-state index in [4.69, 9.17) is 4.42 Å². The first kappa shape index (κ1) is 23.2. The number of benzene rings is 3. The van der Waals surface area contributed by atoms with Crippen molar-refractivity contribution >= 4 is 49.9 Å². The van der Waals surface area contributed by atoms with Crippen LogP contribution in [0.4, 0.5) is 11.4 Å². The lowest BCUT2D eigenvalue weighted by Crippen LogP contribution is -2.48. The first-order valence-electron chi connectivity index (χ1n) is 11.9. The van der Waals surface area contributed by atoms with Gasteiger partial charge in [0.1, 0.15) is 5.58 Å². The van der Waals surface area contributed by atoms with Crippen LogP contribution in [-0.2, 0) is 14.8 Å². The molecule has 3 aromatic carbocycles. The van der Waals surface area contributed by atoms with E-state index in [1.165, 1.54) is 28.6 Å². The number of hydrogen-bond donors (Lipinski definition) is 1. The second-order valence-electron chi connectivity index (χ2n) is 8.99. The Bertz CT molecular complexity index is 1720. The van der Waals surface area contributed by atoms with E-state index in [2.05, 4.69) is 10.2 Å². The number of rotatable bonds is 4. The summed E-state index contributed by atoms with van der Waals surface area (Å²) in [6.07, 6.45) is 1.88. The predicted molar refractivity (Wildman–Crippen MR) is 143 cm³/mol. The molecule has 37 heavy (non-hydrogen) atoms. The molecule has 1 N–H and O–H groups in total. The summed E-state index contributed by atoms with van der Waals surface area (Å²) in [5.74, 6) is -0.112. The highest BCUT2D eigenvalue weighted by molar-refractivity contribution is 7.89. The molecule has 2 aliphatic rings. The lowest BCUT2D eigenvalue weighted by atomic mass is 10.0. The van der Waals surface area contributed by atoms with E-state index in [-0.39, 0.29) is 10.8 Å². The highest BCUT2D eigenvalue weighted by atomic mass is 32.2. The van der Waals surface area contributed by atoms with Crippen LogP contribution in [0.2, 0.25) is 0 Å². The Kier molecular flexibility index (Phi) is 5.66. The maximum absolute atomic E-state index is 13.2. The number of nitrogens with one attached hydrogen (secondary N) is 1. The molecule has 0 spiro atoms. The van der Waals surface area contributed by atoms with Crippen molar-refractivity contribution in [2.24, 2.45) is 0 Å². The summed E-state index contributed by atoms with van der Waals surface area (Å²) < 4.78 is 33.1. The van der Waals surface area contributed by atoms with Crippen molar-refractivity contribution in [3.05, 3.63) is 100 Å². The largest absolute Gasteiger partial charge is 0.423 e. The zero-order valence-corrected chi connectivity index (χ0v) is 20.6. The predicted octanol–water partition coefficient (Wildman–Crippen LogP) is 3.80. The standard InChI is InChI=1S/C28H23N3O5S/c32-27-12-7-20-18-22(10-11-26(20)36-27)37(34,35)31-15-13-30(14-16-31)21-8-5-19(6-9-21)17-24-23-3-1-2-4-25(23)29-28(24)33/h1-12,17-18H,13-16H2,(H,29,33)/b24-17-. The smallest absolute Gasteiger partial charge is 0.336 e. The van der Waals surface area contributed by atoms with Gasteiger partial charge >= 0.3 is 5.63 Å².